The second-order valence-corrected chi connectivity index (χ2v) is 18.6. The third-order valence-corrected chi connectivity index (χ3v) is 11.0. The van der Waals surface area contributed by atoms with Crippen LogP contribution in [0.2, 0.25) is 0 Å². The Bertz CT molecular complexity index is 3330. The van der Waals surface area contributed by atoms with E-state index in [1.54, 1.807) is 24.3 Å². The molecule has 0 saturated carbocycles. The van der Waals surface area contributed by atoms with Gasteiger partial charge in [0.1, 0.15) is 11.6 Å². The Morgan fingerprint density at radius 2 is 1.30 bits per heavy atom. The molecular formula is C56H56N3OPt-. The van der Waals surface area contributed by atoms with Gasteiger partial charge in [-0.05, 0) is 93.7 Å². The molecule has 0 aliphatic carbocycles. The van der Waals surface area contributed by atoms with Gasteiger partial charge >= 0.3 is 0 Å². The summed E-state index contributed by atoms with van der Waals surface area (Å²) in [6, 6.07) is 33.4. The van der Waals surface area contributed by atoms with Crippen molar-refractivity contribution in [1.29, 1.82) is 0 Å². The third kappa shape index (κ3) is 8.79. The molecule has 61 heavy (non-hydrogen) atoms. The number of phenolic OH excluding ortho intramolecular Hbond substituents is 1. The molecule has 0 aliphatic heterocycles. The number of fused-ring (bicyclic) bond motifs is 1. The van der Waals surface area contributed by atoms with Crippen molar-refractivity contribution in [2.24, 2.45) is 0 Å². The maximum atomic E-state index is 12.4. The molecule has 312 valence electrons. The SMILES string of the molecule is [2H]c1c([2H])c(C([2H])([2H])[2H])c([2H])c([2H])c1-c1ccnc(-c2[c-]c(-c3cccc4c3nc(-c3cc(C(C)(C)C)cc(C(C)(C)C)c3O)n4-c3cc(-c4ccccc4)cc(C([2H])([2H])[2H])c3)cc(C(C)(C)C)c2)c1.[Pt]. The minimum atomic E-state index is -2.85. The first-order chi connectivity index (χ1) is 32.4. The maximum Gasteiger partial charge on any atom is 0.148 e. The van der Waals surface area contributed by atoms with Crippen LogP contribution in [0.15, 0.2) is 133 Å². The molecule has 1 N–H and O–H groups in total. The Morgan fingerprint density at radius 1 is 0.607 bits per heavy atom. The fourth-order valence-corrected chi connectivity index (χ4v) is 7.58. The van der Waals surface area contributed by atoms with Crippen LogP contribution in [0.4, 0.5) is 0 Å². The van der Waals surface area contributed by atoms with Crippen molar-refractivity contribution < 1.29 is 39.9 Å². The van der Waals surface area contributed by atoms with E-state index in [4.69, 9.17) is 23.7 Å². The summed E-state index contributed by atoms with van der Waals surface area (Å²) >= 11 is 0. The van der Waals surface area contributed by atoms with Crippen LogP contribution in [0.1, 0.15) is 104 Å². The monoisotopic (exact) mass is 991 g/mol. The second kappa shape index (κ2) is 16.4. The summed E-state index contributed by atoms with van der Waals surface area (Å²) in [7, 11) is 0. The van der Waals surface area contributed by atoms with Gasteiger partial charge in [-0.15, -0.1) is 29.3 Å². The van der Waals surface area contributed by atoms with Crippen LogP contribution in [-0.2, 0) is 37.3 Å². The molecule has 8 aromatic rings. The third-order valence-electron chi connectivity index (χ3n) is 11.0. The molecule has 0 radical (unpaired) electrons. The van der Waals surface area contributed by atoms with Crippen LogP contribution in [0.5, 0.6) is 5.75 Å². The molecule has 2 heterocycles. The Morgan fingerprint density at radius 3 is 1.97 bits per heavy atom. The number of pyridine rings is 1. The normalized spacial score (nSPS) is 14.9. The van der Waals surface area contributed by atoms with Crippen LogP contribution in [-0.4, -0.2) is 19.6 Å². The van der Waals surface area contributed by atoms with Crippen LogP contribution < -0.4 is 0 Å². The Kier molecular flexibility index (Phi) is 8.64. The Balaban J connectivity index is 0.00000741. The second-order valence-electron chi connectivity index (χ2n) is 18.6. The maximum absolute atomic E-state index is 12.4. The zero-order valence-electron chi connectivity index (χ0n) is 46.0. The fraction of sp³-hybridized carbons (Fsp3) is 0.250. The molecule has 2 aromatic heterocycles. The van der Waals surface area contributed by atoms with Crippen LogP contribution in [0.25, 0.3) is 72.7 Å². The number of aromatic hydroxyl groups is 1. The standard InChI is InChI=1S/C56H56N3O.Pt/c1-35-20-22-38(23-21-35)39-24-25-57-49(32-39)42-28-41(29-43(30-42)54(3,4)5)46-18-15-19-50-51(46)58-53(47-33-44(55(6,7)8)34-48(52(47)60)56(9,10)11)59(50)45-27-36(2)26-40(31-45)37-16-13-12-14-17-37;/h12-27,29-34,60H,1-11H3;/q-1;/i1D3,2D3,20D,21D,22D,23D;. The van der Waals surface area contributed by atoms with Gasteiger partial charge in [-0.3, -0.25) is 9.55 Å². The van der Waals surface area contributed by atoms with Gasteiger partial charge in [0.15, 0.2) is 0 Å². The summed E-state index contributed by atoms with van der Waals surface area (Å²) < 4.78 is 86.2. The first-order valence-corrected chi connectivity index (χ1v) is 20.2. The summed E-state index contributed by atoms with van der Waals surface area (Å²) in [4.78, 5) is 10.2. The zero-order chi connectivity index (χ0) is 51.2. The number of benzene rings is 6. The molecule has 0 unspecified atom stereocenters. The molecule has 5 heteroatoms. The van der Waals surface area contributed by atoms with Crippen LogP contribution >= 0.6 is 0 Å². The molecule has 0 aliphatic rings. The molecule has 0 amide bonds. The number of phenols is 1. The molecule has 0 fully saturated rings. The number of aryl methyl sites for hydroxylation is 1. The van der Waals surface area contributed by atoms with E-state index in [1.165, 1.54) is 6.20 Å². The minimum Gasteiger partial charge on any atom is -0.507 e. The van der Waals surface area contributed by atoms with E-state index < -0.39 is 54.3 Å². The smallest absolute Gasteiger partial charge is 0.148 e. The van der Waals surface area contributed by atoms with E-state index in [2.05, 4.69) is 80.5 Å². The van der Waals surface area contributed by atoms with Crippen molar-refractivity contribution in [2.45, 2.75) is 92.3 Å². The van der Waals surface area contributed by atoms with Crippen molar-refractivity contribution in [3.8, 4) is 67.5 Å². The number of para-hydroxylation sites is 1. The van der Waals surface area contributed by atoms with Gasteiger partial charge in [0.2, 0.25) is 0 Å². The van der Waals surface area contributed by atoms with Gasteiger partial charge in [-0.1, -0.05) is 164 Å². The zero-order valence-corrected chi connectivity index (χ0v) is 38.3. The number of hydrogen-bond acceptors (Lipinski definition) is 3. The average Bonchev–Trinajstić information content (AvgIpc) is 3.66. The number of imidazole rings is 1. The van der Waals surface area contributed by atoms with Crippen molar-refractivity contribution in [2.75, 3.05) is 0 Å². The average molecular weight is 992 g/mol. The van der Waals surface area contributed by atoms with Gasteiger partial charge in [0.25, 0.3) is 0 Å². The topological polar surface area (TPSA) is 50.9 Å². The largest absolute Gasteiger partial charge is 0.507 e. The van der Waals surface area contributed by atoms with Crippen LogP contribution in [0.3, 0.4) is 0 Å². The summed E-state index contributed by atoms with van der Waals surface area (Å²) in [5.74, 6) is 0.474. The molecule has 8 rings (SSSR count). The molecule has 0 saturated heterocycles. The molecule has 0 bridgehead atoms. The fourth-order valence-electron chi connectivity index (χ4n) is 7.58. The van der Waals surface area contributed by atoms with Crippen molar-refractivity contribution in [1.82, 2.24) is 14.5 Å². The first-order valence-electron chi connectivity index (χ1n) is 25.2. The number of rotatable bonds is 6. The van der Waals surface area contributed by atoms with Gasteiger partial charge < -0.3 is 5.11 Å². The molecule has 0 atom stereocenters. The minimum absolute atomic E-state index is 0. The number of nitrogens with zero attached hydrogens (tertiary/aromatic N) is 3. The molecule has 6 aromatic carbocycles. The van der Waals surface area contributed by atoms with E-state index in [0.717, 1.165) is 22.3 Å². The first kappa shape index (κ1) is 32.2. The number of aromatic nitrogens is 3. The van der Waals surface area contributed by atoms with E-state index in [9.17, 15) is 5.11 Å². The molecular weight excluding hydrogens is 926 g/mol. The Labute approximate surface area is 391 Å². The van der Waals surface area contributed by atoms with E-state index in [-0.39, 0.29) is 43.4 Å². The Hall–Kier alpha value is -5.57. The summed E-state index contributed by atoms with van der Waals surface area (Å²) in [5, 5.41) is 12.4. The van der Waals surface area contributed by atoms with E-state index in [1.807, 2.05) is 71.3 Å². The van der Waals surface area contributed by atoms with Gasteiger partial charge in [-0.25, -0.2) is 4.98 Å². The predicted molar refractivity (Wildman–Crippen MR) is 252 cm³/mol. The molecule has 0 spiro atoms. The van der Waals surface area contributed by atoms with Crippen LogP contribution in [0, 0.1) is 19.8 Å². The number of hydrogen-bond donors (Lipinski definition) is 1. The van der Waals surface area contributed by atoms with Gasteiger partial charge in [0, 0.05) is 52.4 Å². The van der Waals surface area contributed by atoms with Crippen molar-refractivity contribution in [3.63, 3.8) is 0 Å². The van der Waals surface area contributed by atoms with E-state index in [0.29, 0.717) is 61.6 Å². The predicted octanol–water partition coefficient (Wildman–Crippen LogP) is 14.8. The summed E-state index contributed by atoms with van der Waals surface area (Å²) in [5.41, 5.74) is 7.34. The van der Waals surface area contributed by atoms with Crippen molar-refractivity contribution >= 4 is 11.0 Å². The van der Waals surface area contributed by atoms with Crippen molar-refractivity contribution in [3.05, 3.63) is 167 Å². The van der Waals surface area contributed by atoms with Gasteiger partial charge in [0.05, 0.1) is 22.1 Å². The molecule has 4 nitrogen and oxygen atoms in total. The summed E-state index contributed by atoms with van der Waals surface area (Å²) in [6.45, 7) is 13.5. The van der Waals surface area contributed by atoms with Gasteiger partial charge in [-0.2, -0.15) is 0 Å². The quantitative estimate of drug-likeness (QED) is 0.169. The summed E-state index contributed by atoms with van der Waals surface area (Å²) in [6.07, 6.45) is 1.52. The van der Waals surface area contributed by atoms with E-state index >= 15 is 0 Å².